The first-order chi connectivity index (χ1) is 10.6. The predicted molar refractivity (Wildman–Crippen MR) is 82.4 cm³/mol. The van der Waals surface area contributed by atoms with Gasteiger partial charge >= 0.3 is 0 Å². The maximum absolute atomic E-state index is 12.3. The Morgan fingerprint density at radius 3 is 2.73 bits per heavy atom. The summed E-state index contributed by atoms with van der Waals surface area (Å²) in [5.74, 6) is 0.634. The van der Waals surface area contributed by atoms with E-state index < -0.39 is 0 Å². The predicted octanol–water partition coefficient (Wildman–Crippen LogP) is 1.58. The van der Waals surface area contributed by atoms with E-state index in [1.807, 2.05) is 30.3 Å². The molecule has 1 aromatic rings. The molecule has 0 spiro atoms. The fourth-order valence-electron chi connectivity index (χ4n) is 3.25. The Bertz CT molecular complexity index is 546. The van der Waals surface area contributed by atoms with Crippen molar-refractivity contribution in [3.05, 3.63) is 30.3 Å². The number of para-hydroxylation sites is 1. The lowest BCUT2D eigenvalue weighted by Crippen LogP contribution is -2.45. The standard InChI is InChI=1S/C17H22N2O3/c1-19-11-12(10-16(19)20)17(21)18-14-8-5-9-15(14)22-13-6-3-2-4-7-13/h2-4,6-7,12,14-15H,5,8-11H2,1H3,(H,18,21)/t12-,14+,15-/m1/s1. The topological polar surface area (TPSA) is 58.6 Å². The van der Waals surface area contributed by atoms with E-state index in [1.165, 1.54) is 0 Å². The summed E-state index contributed by atoms with van der Waals surface area (Å²) >= 11 is 0. The number of carbonyl (C=O) groups is 2. The first kappa shape index (κ1) is 14.9. The smallest absolute Gasteiger partial charge is 0.225 e. The highest BCUT2D eigenvalue weighted by Gasteiger charge is 2.36. The van der Waals surface area contributed by atoms with Crippen LogP contribution in [0, 0.1) is 5.92 Å². The lowest BCUT2D eigenvalue weighted by atomic mass is 10.1. The Balaban J connectivity index is 1.57. The minimum atomic E-state index is -0.226. The molecule has 2 amide bonds. The number of hydrogen-bond donors (Lipinski definition) is 1. The summed E-state index contributed by atoms with van der Waals surface area (Å²) in [4.78, 5) is 25.5. The molecule has 118 valence electrons. The lowest BCUT2D eigenvalue weighted by Gasteiger charge is -2.23. The molecular formula is C17H22N2O3. The molecule has 22 heavy (non-hydrogen) atoms. The van der Waals surface area contributed by atoms with Crippen molar-refractivity contribution in [2.24, 2.45) is 5.92 Å². The van der Waals surface area contributed by atoms with Crippen molar-refractivity contribution in [1.29, 1.82) is 0 Å². The molecule has 2 aliphatic rings. The van der Waals surface area contributed by atoms with Gasteiger partial charge in [-0.2, -0.15) is 0 Å². The van der Waals surface area contributed by atoms with Gasteiger partial charge < -0.3 is 15.0 Å². The summed E-state index contributed by atoms with van der Waals surface area (Å²) in [5, 5.41) is 3.09. The highest BCUT2D eigenvalue weighted by Crippen LogP contribution is 2.25. The largest absolute Gasteiger partial charge is 0.488 e. The van der Waals surface area contributed by atoms with Gasteiger partial charge in [0.25, 0.3) is 0 Å². The number of benzene rings is 1. The monoisotopic (exact) mass is 302 g/mol. The number of amides is 2. The SMILES string of the molecule is CN1C[C@H](C(=O)N[C@H]2CCC[C@H]2Oc2ccccc2)CC1=O. The summed E-state index contributed by atoms with van der Waals surface area (Å²) in [6, 6.07) is 9.74. The number of ether oxygens (including phenoxy) is 1. The van der Waals surface area contributed by atoms with Crippen LogP contribution in [0.5, 0.6) is 5.75 Å². The first-order valence-electron chi connectivity index (χ1n) is 7.89. The average molecular weight is 302 g/mol. The third-order valence-electron chi connectivity index (χ3n) is 4.52. The normalized spacial score (nSPS) is 28.0. The van der Waals surface area contributed by atoms with Gasteiger partial charge in [0.1, 0.15) is 11.9 Å². The molecule has 0 bridgehead atoms. The van der Waals surface area contributed by atoms with E-state index in [1.54, 1.807) is 11.9 Å². The van der Waals surface area contributed by atoms with E-state index in [0.717, 1.165) is 25.0 Å². The van der Waals surface area contributed by atoms with Crippen molar-refractivity contribution in [2.45, 2.75) is 37.8 Å². The Kier molecular flexibility index (Phi) is 4.32. The van der Waals surface area contributed by atoms with Gasteiger partial charge in [0.15, 0.2) is 0 Å². The molecule has 1 aromatic carbocycles. The fraction of sp³-hybridized carbons (Fsp3) is 0.529. The first-order valence-corrected chi connectivity index (χ1v) is 7.89. The summed E-state index contributed by atoms with van der Waals surface area (Å²) in [6.07, 6.45) is 3.26. The van der Waals surface area contributed by atoms with Crippen LogP contribution in [0.15, 0.2) is 30.3 Å². The minimum Gasteiger partial charge on any atom is -0.488 e. The highest BCUT2D eigenvalue weighted by atomic mass is 16.5. The summed E-state index contributed by atoms with van der Waals surface area (Å²) in [5.41, 5.74) is 0. The Hall–Kier alpha value is -2.04. The van der Waals surface area contributed by atoms with Crippen LogP contribution >= 0.6 is 0 Å². The van der Waals surface area contributed by atoms with E-state index in [-0.39, 0.29) is 29.9 Å². The molecule has 2 fully saturated rings. The van der Waals surface area contributed by atoms with Gasteiger partial charge in [0, 0.05) is 20.0 Å². The maximum Gasteiger partial charge on any atom is 0.225 e. The molecule has 1 saturated heterocycles. The molecule has 0 unspecified atom stereocenters. The second kappa shape index (κ2) is 6.38. The molecule has 1 aliphatic carbocycles. The van der Waals surface area contributed by atoms with Gasteiger partial charge in [-0.15, -0.1) is 0 Å². The fourth-order valence-corrected chi connectivity index (χ4v) is 3.25. The molecule has 0 radical (unpaired) electrons. The van der Waals surface area contributed by atoms with Gasteiger partial charge in [0.05, 0.1) is 12.0 Å². The zero-order valence-corrected chi connectivity index (χ0v) is 12.8. The molecule has 3 atom stereocenters. The maximum atomic E-state index is 12.3. The third kappa shape index (κ3) is 3.24. The third-order valence-corrected chi connectivity index (χ3v) is 4.52. The van der Waals surface area contributed by atoms with Crippen LogP contribution in [0.4, 0.5) is 0 Å². The Labute approximate surface area is 130 Å². The van der Waals surface area contributed by atoms with Crippen LogP contribution in [-0.4, -0.2) is 42.5 Å². The van der Waals surface area contributed by atoms with Crippen LogP contribution < -0.4 is 10.1 Å². The van der Waals surface area contributed by atoms with Gasteiger partial charge in [-0.25, -0.2) is 0 Å². The van der Waals surface area contributed by atoms with Gasteiger partial charge in [-0.05, 0) is 31.4 Å². The van der Waals surface area contributed by atoms with Crippen LogP contribution in [0.1, 0.15) is 25.7 Å². The molecule has 1 saturated carbocycles. The van der Waals surface area contributed by atoms with E-state index >= 15 is 0 Å². The molecule has 0 aromatic heterocycles. The van der Waals surface area contributed by atoms with Crippen LogP contribution in [0.3, 0.4) is 0 Å². The number of hydrogen-bond acceptors (Lipinski definition) is 3. The molecular weight excluding hydrogens is 280 g/mol. The summed E-state index contributed by atoms with van der Waals surface area (Å²) in [6.45, 7) is 0.515. The van der Waals surface area contributed by atoms with Gasteiger partial charge in [0.2, 0.25) is 11.8 Å². The van der Waals surface area contributed by atoms with Crippen LogP contribution in [0.2, 0.25) is 0 Å². The second-order valence-electron chi connectivity index (χ2n) is 6.19. The van der Waals surface area contributed by atoms with Crippen LogP contribution in [0.25, 0.3) is 0 Å². The van der Waals surface area contributed by atoms with E-state index in [4.69, 9.17) is 4.74 Å². The van der Waals surface area contributed by atoms with Crippen molar-refractivity contribution in [3.63, 3.8) is 0 Å². The van der Waals surface area contributed by atoms with Crippen molar-refractivity contribution in [1.82, 2.24) is 10.2 Å². The van der Waals surface area contributed by atoms with E-state index in [9.17, 15) is 9.59 Å². The summed E-state index contributed by atoms with van der Waals surface area (Å²) < 4.78 is 6.00. The number of carbonyl (C=O) groups excluding carboxylic acids is 2. The second-order valence-corrected chi connectivity index (χ2v) is 6.19. The van der Waals surface area contributed by atoms with Crippen molar-refractivity contribution >= 4 is 11.8 Å². The molecule has 1 aliphatic heterocycles. The molecule has 5 nitrogen and oxygen atoms in total. The number of rotatable bonds is 4. The van der Waals surface area contributed by atoms with E-state index in [2.05, 4.69) is 5.32 Å². The van der Waals surface area contributed by atoms with E-state index in [0.29, 0.717) is 13.0 Å². The molecule has 5 heteroatoms. The van der Waals surface area contributed by atoms with Gasteiger partial charge in [-0.3, -0.25) is 9.59 Å². The van der Waals surface area contributed by atoms with Crippen molar-refractivity contribution < 1.29 is 14.3 Å². The van der Waals surface area contributed by atoms with Crippen molar-refractivity contribution in [2.75, 3.05) is 13.6 Å². The average Bonchev–Trinajstić information content (AvgIpc) is 3.08. The van der Waals surface area contributed by atoms with Gasteiger partial charge in [-0.1, -0.05) is 18.2 Å². The van der Waals surface area contributed by atoms with Crippen molar-refractivity contribution in [3.8, 4) is 5.75 Å². The number of likely N-dealkylation sites (tertiary alicyclic amines) is 1. The number of nitrogens with zero attached hydrogens (tertiary/aromatic N) is 1. The zero-order valence-electron chi connectivity index (χ0n) is 12.8. The zero-order chi connectivity index (χ0) is 15.5. The summed E-state index contributed by atoms with van der Waals surface area (Å²) in [7, 11) is 1.74. The molecule has 3 rings (SSSR count). The molecule has 1 heterocycles. The van der Waals surface area contributed by atoms with Crippen LogP contribution in [-0.2, 0) is 9.59 Å². The highest BCUT2D eigenvalue weighted by molar-refractivity contribution is 5.89. The number of nitrogens with one attached hydrogen (secondary N) is 1. The molecule has 1 N–H and O–H groups in total. The minimum absolute atomic E-state index is 0.0150. The Morgan fingerprint density at radius 2 is 2.05 bits per heavy atom. The Morgan fingerprint density at radius 1 is 1.27 bits per heavy atom. The quantitative estimate of drug-likeness (QED) is 0.918. The lowest BCUT2D eigenvalue weighted by molar-refractivity contribution is -0.128.